The third-order valence-electron chi connectivity index (χ3n) is 2.28. The molecule has 82 valence electrons. The molecule has 1 heterocycles. The third-order valence-corrected chi connectivity index (χ3v) is 3.02. The molecule has 2 rings (SSSR count). The van der Waals surface area contributed by atoms with Gasteiger partial charge < -0.3 is 4.57 Å². The van der Waals surface area contributed by atoms with Crippen LogP contribution in [-0.4, -0.2) is 10.9 Å². The highest BCUT2D eigenvalue weighted by molar-refractivity contribution is 9.10. The number of rotatable bonds is 3. The second-order valence-corrected chi connectivity index (χ2v) is 4.33. The van der Waals surface area contributed by atoms with Gasteiger partial charge in [0.2, 0.25) is 0 Å². The molecule has 2 nitrogen and oxygen atoms in total. The number of hydrogen-bond acceptors (Lipinski definition) is 1. The van der Waals surface area contributed by atoms with Crippen LogP contribution >= 0.6 is 15.9 Å². The lowest BCUT2D eigenvalue weighted by Crippen LogP contribution is -1.97. The molecule has 1 aromatic carbocycles. The van der Waals surface area contributed by atoms with Gasteiger partial charge in [-0.2, -0.15) is 0 Å². The number of halogens is 2. The van der Waals surface area contributed by atoms with E-state index in [1.165, 1.54) is 12.1 Å². The Morgan fingerprint density at radius 1 is 1.38 bits per heavy atom. The van der Waals surface area contributed by atoms with Crippen LogP contribution in [0.4, 0.5) is 4.39 Å². The van der Waals surface area contributed by atoms with Crippen LogP contribution in [-0.2, 0) is 6.54 Å². The van der Waals surface area contributed by atoms with Gasteiger partial charge >= 0.3 is 0 Å². The summed E-state index contributed by atoms with van der Waals surface area (Å²) in [5.74, 6) is -0.267. The Morgan fingerprint density at radius 2 is 2.19 bits per heavy atom. The summed E-state index contributed by atoms with van der Waals surface area (Å²) in [6, 6.07) is 6.31. The van der Waals surface area contributed by atoms with E-state index in [2.05, 4.69) is 15.9 Å². The first-order valence-electron chi connectivity index (χ1n) is 4.74. The molecule has 0 aliphatic rings. The van der Waals surface area contributed by atoms with Crippen molar-refractivity contribution in [1.82, 2.24) is 4.57 Å². The fourth-order valence-electron chi connectivity index (χ4n) is 1.47. The molecule has 0 saturated heterocycles. The van der Waals surface area contributed by atoms with Gasteiger partial charge in [0.05, 0.1) is 0 Å². The van der Waals surface area contributed by atoms with Gasteiger partial charge in [0.1, 0.15) is 5.82 Å². The van der Waals surface area contributed by atoms with Gasteiger partial charge in [0, 0.05) is 29.0 Å². The summed E-state index contributed by atoms with van der Waals surface area (Å²) < 4.78 is 15.5. The van der Waals surface area contributed by atoms with Crippen LogP contribution in [0.3, 0.4) is 0 Å². The van der Waals surface area contributed by atoms with Crippen LogP contribution in [0.5, 0.6) is 0 Å². The summed E-state index contributed by atoms with van der Waals surface area (Å²) in [6.07, 6.45) is 4.37. The van der Waals surface area contributed by atoms with E-state index >= 15 is 0 Å². The van der Waals surface area contributed by atoms with Crippen molar-refractivity contribution < 1.29 is 9.18 Å². The van der Waals surface area contributed by atoms with Crippen molar-refractivity contribution in [2.45, 2.75) is 6.54 Å². The molecule has 0 aliphatic heterocycles. The minimum atomic E-state index is -0.267. The molecular formula is C12H9BrFNO. The van der Waals surface area contributed by atoms with Gasteiger partial charge in [0.15, 0.2) is 6.29 Å². The fraction of sp³-hybridized carbons (Fsp3) is 0.0833. The largest absolute Gasteiger partial charge is 0.349 e. The molecule has 0 fully saturated rings. The molecule has 0 atom stereocenters. The van der Waals surface area contributed by atoms with Crippen LogP contribution in [0.15, 0.2) is 41.1 Å². The predicted molar refractivity (Wildman–Crippen MR) is 63.0 cm³/mol. The number of aromatic nitrogens is 1. The van der Waals surface area contributed by atoms with E-state index < -0.39 is 0 Å². The quantitative estimate of drug-likeness (QED) is 0.792. The van der Waals surface area contributed by atoms with E-state index in [1.807, 2.05) is 10.8 Å². The van der Waals surface area contributed by atoms with Gasteiger partial charge in [0.25, 0.3) is 0 Å². The predicted octanol–water partition coefficient (Wildman–Crippen LogP) is 3.25. The minimum absolute atomic E-state index is 0.267. The number of nitrogens with zero attached hydrogens (tertiary/aromatic N) is 1. The number of hydrogen-bond donors (Lipinski definition) is 0. The van der Waals surface area contributed by atoms with E-state index in [4.69, 9.17) is 0 Å². The Hall–Kier alpha value is -1.42. The SMILES string of the molecule is O=Cc1ccn(Cc2ccc(F)cc2Br)c1. The molecule has 4 heteroatoms. The highest BCUT2D eigenvalue weighted by Gasteiger charge is 2.03. The molecule has 0 N–H and O–H groups in total. The van der Waals surface area contributed by atoms with Crippen molar-refractivity contribution in [3.8, 4) is 0 Å². The molecular weight excluding hydrogens is 273 g/mol. The highest BCUT2D eigenvalue weighted by Crippen LogP contribution is 2.19. The smallest absolute Gasteiger partial charge is 0.151 e. The van der Waals surface area contributed by atoms with Crippen LogP contribution in [0.2, 0.25) is 0 Å². The lowest BCUT2D eigenvalue weighted by atomic mass is 10.2. The minimum Gasteiger partial charge on any atom is -0.349 e. The Balaban J connectivity index is 2.23. The Morgan fingerprint density at radius 3 is 2.81 bits per heavy atom. The summed E-state index contributed by atoms with van der Waals surface area (Å²) in [6.45, 7) is 0.606. The normalized spacial score (nSPS) is 10.4. The summed E-state index contributed by atoms with van der Waals surface area (Å²) in [4.78, 5) is 10.5. The summed E-state index contributed by atoms with van der Waals surface area (Å²) in [7, 11) is 0. The molecule has 2 aromatic rings. The third kappa shape index (κ3) is 2.39. The summed E-state index contributed by atoms with van der Waals surface area (Å²) in [5, 5.41) is 0. The number of carbonyl (C=O) groups excluding carboxylic acids is 1. The van der Waals surface area contributed by atoms with Crippen molar-refractivity contribution in [3.63, 3.8) is 0 Å². The van der Waals surface area contributed by atoms with Crippen molar-refractivity contribution in [2.75, 3.05) is 0 Å². The van der Waals surface area contributed by atoms with Gasteiger partial charge in [-0.1, -0.05) is 22.0 Å². The monoisotopic (exact) mass is 281 g/mol. The van der Waals surface area contributed by atoms with E-state index in [0.29, 0.717) is 12.1 Å². The van der Waals surface area contributed by atoms with Crippen molar-refractivity contribution in [1.29, 1.82) is 0 Å². The maximum Gasteiger partial charge on any atom is 0.151 e. The van der Waals surface area contributed by atoms with E-state index in [9.17, 15) is 9.18 Å². The van der Waals surface area contributed by atoms with E-state index in [1.54, 1.807) is 18.3 Å². The first kappa shape index (κ1) is 11.1. The average Bonchev–Trinajstić information content (AvgIpc) is 2.70. The van der Waals surface area contributed by atoms with Gasteiger partial charge in [-0.25, -0.2) is 4.39 Å². The molecule has 1 aromatic heterocycles. The summed E-state index contributed by atoms with van der Waals surface area (Å²) in [5.41, 5.74) is 1.60. The molecule has 0 amide bonds. The second kappa shape index (κ2) is 4.61. The fourth-order valence-corrected chi connectivity index (χ4v) is 1.95. The molecule has 0 bridgehead atoms. The second-order valence-electron chi connectivity index (χ2n) is 3.47. The van der Waals surface area contributed by atoms with Gasteiger partial charge in [-0.3, -0.25) is 4.79 Å². The Labute approximate surface area is 101 Å². The number of benzene rings is 1. The molecule has 0 radical (unpaired) electrons. The van der Waals surface area contributed by atoms with Crippen LogP contribution in [0.1, 0.15) is 15.9 Å². The lowest BCUT2D eigenvalue weighted by molar-refractivity contribution is 0.112. The molecule has 0 saturated carbocycles. The zero-order chi connectivity index (χ0) is 11.5. The number of carbonyl (C=O) groups is 1. The van der Waals surface area contributed by atoms with Gasteiger partial charge in [-0.15, -0.1) is 0 Å². The molecule has 0 spiro atoms. The maximum absolute atomic E-state index is 12.9. The average molecular weight is 282 g/mol. The first-order valence-corrected chi connectivity index (χ1v) is 5.53. The Bertz CT molecular complexity index is 521. The van der Waals surface area contributed by atoms with Gasteiger partial charge in [-0.05, 0) is 23.8 Å². The lowest BCUT2D eigenvalue weighted by Gasteiger charge is -2.05. The maximum atomic E-state index is 12.9. The zero-order valence-electron chi connectivity index (χ0n) is 8.36. The first-order chi connectivity index (χ1) is 7.69. The van der Waals surface area contributed by atoms with Crippen LogP contribution in [0, 0.1) is 5.82 Å². The van der Waals surface area contributed by atoms with Crippen molar-refractivity contribution in [3.05, 3.63) is 58.1 Å². The number of aldehydes is 1. The molecule has 0 unspecified atom stereocenters. The van der Waals surface area contributed by atoms with Crippen LogP contribution < -0.4 is 0 Å². The Kier molecular flexibility index (Phi) is 3.19. The summed E-state index contributed by atoms with van der Waals surface area (Å²) >= 11 is 3.31. The highest BCUT2D eigenvalue weighted by atomic mass is 79.9. The van der Waals surface area contributed by atoms with Crippen molar-refractivity contribution in [2.24, 2.45) is 0 Å². The van der Waals surface area contributed by atoms with E-state index in [0.717, 1.165) is 16.3 Å². The standard InChI is InChI=1S/C12H9BrFNO/c13-12-5-11(14)2-1-10(12)7-15-4-3-9(6-15)8-16/h1-6,8H,7H2. The van der Waals surface area contributed by atoms with Crippen molar-refractivity contribution >= 4 is 22.2 Å². The zero-order valence-corrected chi connectivity index (χ0v) is 9.95. The molecule has 16 heavy (non-hydrogen) atoms. The van der Waals surface area contributed by atoms with Crippen LogP contribution in [0.25, 0.3) is 0 Å². The molecule has 0 aliphatic carbocycles. The van der Waals surface area contributed by atoms with E-state index in [-0.39, 0.29) is 5.82 Å². The topological polar surface area (TPSA) is 22.0 Å².